The van der Waals surface area contributed by atoms with Crippen LogP contribution in [0.5, 0.6) is 0 Å². The van der Waals surface area contributed by atoms with Crippen molar-refractivity contribution >= 4 is 28.8 Å². The van der Waals surface area contributed by atoms with Crippen LogP contribution >= 0.6 is 0 Å². The van der Waals surface area contributed by atoms with Gasteiger partial charge in [0.2, 0.25) is 0 Å². The van der Waals surface area contributed by atoms with E-state index in [4.69, 9.17) is 0 Å². The molecule has 0 radical (unpaired) electrons. The lowest BCUT2D eigenvalue weighted by Gasteiger charge is -2.42. The average molecular weight is 399 g/mol. The number of carbonyl (C=O) groups is 2. The molecule has 4 bridgehead atoms. The minimum Gasteiger partial charge on any atom is -0.481 e. The second-order valence-electron chi connectivity index (χ2n) is 9.01. The summed E-state index contributed by atoms with van der Waals surface area (Å²) in [5.74, 6) is -1.83. The highest BCUT2D eigenvalue weighted by molar-refractivity contribution is 6.03. The van der Waals surface area contributed by atoms with Gasteiger partial charge < -0.3 is 5.11 Å². The minimum atomic E-state index is -0.912. The van der Waals surface area contributed by atoms with Gasteiger partial charge in [0.1, 0.15) is 5.78 Å². The lowest BCUT2D eigenvalue weighted by Crippen LogP contribution is -2.43. The van der Waals surface area contributed by atoms with E-state index in [0.717, 1.165) is 12.1 Å². The molecule has 8 heteroatoms. The summed E-state index contributed by atoms with van der Waals surface area (Å²) >= 11 is 0. The summed E-state index contributed by atoms with van der Waals surface area (Å²) in [6.07, 6.45) is 2.10. The Hall–Kier alpha value is -2.77. The van der Waals surface area contributed by atoms with Gasteiger partial charge in [-0.05, 0) is 42.7 Å². The first kappa shape index (κ1) is 19.5. The predicted molar refractivity (Wildman–Crippen MR) is 106 cm³/mol. The van der Waals surface area contributed by atoms with E-state index in [1.54, 1.807) is 19.1 Å². The molecule has 2 N–H and O–H groups in total. The van der Waals surface area contributed by atoms with E-state index in [-0.39, 0.29) is 34.6 Å². The van der Waals surface area contributed by atoms with E-state index in [1.807, 2.05) is 6.92 Å². The molecule has 0 aliphatic heterocycles. The first-order valence-electron chi connectivity index (χ1n) is 9.97. The summed E-state index contributed by atoms with van der Waals surface area (Å²) in [7, 11) is 0. The van der Waals surface area contributed by atoms with E-state index in [0.29, 0.717) is 18.5 Å². The Bertz CT molecular complexity index is 927. The molecule has 29 heavy (non-hydrogen) atoms. The van der Waals surface area contributed by atoms with Gasteiger partial charge >= 0.3 is 5.97 Å². The second kappa shape index (κ2) is 6.37. The van der Waals surface area contributed by atoms with Gasteiger partial charge in [0, 0.05) is 35.1 Å². The van der Waals surface area contributed by atoms with Crippen LogP contribution in [0.25, 0.3) is 0 Å². The SMILES string of the molecule is C[C@H]1/C(=N\Nc2ccc([N+](=O)[O-])cc2)C[C@H]2[C@@]3(C)CC[C@@]2([C@@H](C)C(=O)O)C(=O)[C@@H]13. The van der Waals surface area contributed by atoms with Crippen molar-refractivity contribution in [2.75, 3.05) is 5.43 Å². The zero-order valence-corrected chi connectivity index (χ0v) is 16.7. The number of carboxylic acid groups (broad SMARTS) is 1. The van der Waals surface area contributed by atoms with Crippen LogP contribution in [-0.2, 0) is 9.59 Å². The number of hydrazone groups is 1. The number of nitro benzene ring substituents is 1. The molecule has 0 amide bonds. The number of nitrogens with zero attached hydrogens (tertiary/aromatic N) is 2. The molecule has 0 heterocycles. The van der Waals surface area contributed by atoms with E-state index in [9.17, 15) is 24.8 Å². The lowest BCUT2D eigenvalue weighted by molar-refractivity contribution is -0.384. The molecule has 8 nitrogen and oxygen atoms in total. The molecule has 0 unspecified atom stereocenters. The number of Topliss-reactive ketones (excluding diaryl/α,β-unsaturated/α-hetero) is 1. The molecule has 3 aliphatic carbocycles. The topological polar surface area (TPSA) is 122 Å². The van der Waals surface area contributed by atoms with Crippen LogP contribution in [0.4, 0.5) is 11.4 Å². The third kappa shape index (κ3) is 2.54. The fourth-order valence-corrected chi connectivity index (χ4v) is 6.36. The molecule has 3 fully saturated rings. The van der Waals surface area contributed by atoms with Crippen LogP contribution in [0.15, 0.2) is 29.4 Å². The minimum absolute atomic E-state index is 0.00646. The number of rotatable bonds is 5. The molecular weight excluding hydrogens is 374 g/mol. The van der Waals surface area contributed by atoms with Crippen LogP contribution in [-0.4, -0.2) is 27.5 Å². The van der Waals surface area contributed by atoms with Crippen molar-refractivity contribution < 1.29 is 19.6 Å². The second-order valence-corrected chi connectivity index (χ2v) is 9.01. The largest absolute Gasteiger partial charge is 0.481 e. The molecule has 1 aromatic carbocycles. The number of ketones is 1. The van der Waals surface area contributed by atoms with Crippen LogP contribution in [0.3, 0.4) is 0 Å². The molecule has 3 saturated carbocycles. The summed E-state index contributed by atoms with van der Waals surface area (Å²) in [5.41, 5.74) is 3.48. The smallest absolute Gasteiger partial charge is 0.307 e. The number of anilines is 1. The number of carbonyl (C=O) groups excluding carboxylic acids is 1. The zero-order chi connectivity index (χ0) is 21.1. The predicted octanol–water partition coefficient (Wildman–Crippen LogP) is 3.72. The van der Waals surface area contributed by atoms with Crippen molar-refractivity contribution in [2.24, 2.45) is 39.6 Å². The summed E-state index contributed by atoms with van der Waals surface area (Å²) < 4.78 is 0. The summed E-state index contributed by atoms with van der Waals surface area (Å²) in [6, 6.07) is 6.00. The fourth-order valence-electron chi connectivity index (χ4n) is 6.36. The number of hydrogen-bond donors (Lipinski definition) is 2. The standard InChI is InChI=1S/C21H25N3O5/c1-11-15(23-22-13-4-6-14(7-5-13)24(28)29)10-16-20(3)8-9-21(16,12(2)19(26)27)18(25)17(11)20/h4-7,11-12,16-17,22H,8-10H2,1-3H3,(H,26,27)/b23-15-/t11-,12-,16-,17+,20+,21-/m0/s1. The molecule has 6 atom stereocenters. The average Bonchev–Trinajstić information content (AvgIpc) is 3.03. The van der Waals surface area contributed by atoms with Gasteiger partial charge in [0.15, 0.2) is 0 Å². The van der Waals surface area contributed by atoms with Gasteiger partial charge in [-0.25, -0.2) is 0 Å². The maximum Gasteiger partial charge on any atom is 0.307 e. The van der Waals surface area contributed by atoms with Crippen LogP contribution in [0, 0.1) is 44.6 Å². The lowest BCUT2D eigenvalue weighted by atomic mass is 9.61. The summed E-state index contributed by atoms with van der Waals surface area (Å²) in [5, 5.41) is 25.0. The molecule has 154 valence electrons. The van der Waals surface area contributed by atoms with Crippen molar-refractivity contribution in [3.8, 4) is 0 Å². The van der Waals surface area contributed by atoms with Gasteiger partial charge in [-0.2, -0.15) is 5.10 Å². The molecule has 0 spiro atoms. The van der Waals surface area contributed by atoms with E-state index < -0.39 is 22.2 Å². The van der Waals surface area contributed by atoms with Crippen molar-refractivity contribution in [1.82, 2.24) is 0 Å². The molecule has 4 rings (SSSR count). The van der Waals surface area contributed by atoms with E-state index >= 15 is 0 Å². The fraction of sp³-hybridized carbons (Fsp3) is 0.571. The molecule has 3 aliphatic rings. The van der Waals surface area contributed by atoms with Crippen LogP contribution < -0.4 is 5.43 Å². The third-order valence-corrected chi connectivity index (χ3v) is 7.94. The maximum absolute atomic E-state index is 13.5. The summed E-state index contributed by atoms with van der Waals surface area (Å²) in [4.78, 5) is 35.6. The van der Waals surface area contributed by atoms with Crippen molar-refractivity contribution in [3.63, 3.8) is 0 Å². The molecule has 0 saturated heterocycles. The normalized spacial score (nSPS) is 37.6. The van der Waals surface area contributed by atoms with Gasteiger partial charge in [-0.15, -0.1) is 0 Å². The third-order valence-electron chi connectivity index (χ3n) is 7.94. The number of nitrogens with one attached hydrogen (secondary N) is 1. The number of aliphatic carboxylic acids is 1. The number of non-ortho nitro benzene ring substituents is 1. The van der Waals surface area contributed by atoms with Crippen LogP contribution in [0.2, 0.25) is 0 Å². The Morgan fingerprint density at radius 2 is 2.00 bits per heavy atom. The first-order valence-corrected chi connectivity index (χ1v) is 9.97. The highest BCUT2D eigenvalue weighted by Gasteiger charge is 2.75. The van der Waals surface area contributed by atoms with Gasteiger partial charge in [0.25, 0.3) is 5.69 Å². The van der Waals surface area contributed by atoms with E-state index in [1.165, 1.54) is 12.1 Å². The Morgan fingerprint density at radius 1 is 1.34 bits per heavy atom. The maximum atomic E-state index is 13.5. The molecular formula is C21H25N3O5. The van der Waals surface area contributed by atoms with Gasteiger partial charge in [-0.1, -0.05) is 20.8 Å². The van der Waals surface area contributed by atoms with Crippen molar-refractivity contribution in [1.29, 1.82) is 0 Å². The Morgan fingerprint density at radius 3 is 2.59 bits per heavy atom. The number of hydrogen-bond acceptors (Lipinski definition) is 6. The van der Waals surface area contributed by atoms with Crippen molar-refractivity contribution in [3.05, 3.63) is 34.4 Å². The molecule has 0 aromatic heterocycles. The monoisotopic (exact) mass is 399 g/mol. The zero-order valence-electron chi connectivity index (χ0n) is 16.7. The first-order chi connectivity index (χ1) is 13.6. The highest BCUT2D eigenvalue weighted by Crippen LogP contribution is 2.73. The van der Waals surface area contributed by atoms with E-state index in [2.05, 4.69) is 17.5 Å². The van der Waals surface area contributed by atoms with Gasteiger partial charge in [-0.3, -0.25) is 25.1 Å². The Labute approximate surface area is 168 Å². The van der Waals surface area contributed by atoms with Gasteiger partial charge in [0.05, 0.1) is 16.5 Å². The Kier molecular flexibility index (Phi) is 4.29. The number of carboxylic acids is 1. The van der Waals surface area contributed by atoms with Crippen LogP contribution in [0.1, 0.15) is 40.0 Å². The molecule has 1 aromatic rings. The highest BCUT2D eigenvalue weighted by atomic mass is 16.6. The number of nitro groups is 1. The van der Waals surface area contributed by atoms with Crippen molar-refractivity contribution in [2.45, 2.75) is 40.0 Å². The quantitative estimate of drug-likeness (QED) is 0.575. The Balaban J connectivity index is 1.63. The summed E-state index contributed by atoms with van der Waals surface area (Å²) in [6.45, 7) is 5.81. The number of benzene rings is 1.